The summed E-state index contributed by atoms with van der Waals surface area (Å²) in [6.45, 7) is 1.60. The molecular formula is C10H14BrNO3S. The molecule has 0 aliphatic carbocycles. The molecule has 1 rings (SSSR count). The lowest BCUT2D eigenvalue weighted by molar-refractivity contribution is 0.254. The summed E-state index contributed by atoms with van der Waals surface area (Å²) in [6.07, 6.45) is 0.542. The SMILES string of the molecule is CCC(CO)NS(=O)(=O)c1ccccc1Br. The second-order valence-electron chi connectivity index (χ2n) is 3.34. The fourth-order valence-corrected chi connectivity index (χ4v) is 3.51. The first-order valence-electron chi connectivity index (χ1n) is 4.89. The Labute approximate surface area is 104 Å². The van der Waals surface area contributed by atoms with Crippen LogP contribution in [0.4, 0.5) is 0 Å². The Balaban J connectivity index is 2.99. The van der Waals surface area contributed by atoms with E-state index >= 15 is 0 Å². The van der Waals surface area contributed by atoms with Crippen LogP contribution in [0.25, 0.3) is 0 Å². The molecule has 0 saturated carbocycles. The van der Waals surface area contributed by atoms with E-state index in [1.54, 1.807) is 18.2 Å². The highest BCUT2D eigenvalue weighted by Gasteiger charge is 2.20. The van der Waals surface area contributed by atoms with E-state index in [2.05, 4.69) is 20.7 Å². The zero-order valence-electron chi connectivity index (χ0n) is 8.85. The zero-order chi connectivity index (χ0) is 12.2. The maximum absolute atomic E-state index is 11.9. The first kappa shape index (κ1) is 13.6. The molecular weight excluding hydrogens is 294 g/mol. The van der Waals surface area contributed by atoms with E-state index in [-0.39, 0.29) is 11.5 Å². The summed E-state index contributed by atoms with van der Waals surface area (Å²) < 4.78 is 26.8. The van der Waals surface area contributed by atoms with Gasteiger partial charge in [0.05, 0.1) is 11.5 Å². The number of hydrogen-bond donors (Lipinski definition) is 2. The van der Waals surface area contributed by atoms with E-state index < -0.39 is 16.1 Å². The smallest absolute Gasteiger partial charge is 0.242 e. The normalized spacial score (nSPS) is 13.7. The van der Waals surface area contributed by atoms with Crippen molar-refractivity contribution in [1.29, 1.82) is 0 Å². The lowest BCUT2D eigenvalue weighted by atomic mass is 10.3. The van der Waals surface area contributed by atoms with Gasteiger partial charge in [0.25, 0.3) is 0 Å². The predicted octanol–water partition coefficient (Wildman–Crippen LogP) is 1.50. The van der Waals surface area contributed by atoms with Crippen LogP contribution in [0.5, 0.6) is 0 Å². The average Bonchev–Trinajstić information content (AvgIpc) is 2.26. The lowest BCUT2D eigenvalue weighted by Crippen LogP contribution is -2.37. The first-order chi connectivity index (χ1) is 7.51. The molecule has 1 aromatic carbocycles. The number of benzene rings is 1. The minimum atomic E-state index is -3.57. The molecule has 1 aromatic rings. The van der Waals surface area contributed by atoms with Crippen molar-refractivity contribution < 1.29 is 13.5 Å². The van der Waals surface area contributed by atoms with Crippen LogP contribution < -0.4 is 4.72 Å². The molecule has 0 spiro atoms. The second kappa shape index (κ2) is 5.77. The van der Waals surface area contributed by atoms with E-state index in [9.17, 15) is 8.42 Å². The number of hydrogen-bond acceptors (Lipinski definition) is 3. The number of aliphatic hydroxyl groups excluding tert-OH is 1. The van der Waals surface area contributed by atoms with E-state index in [0.29, 0.717) is 10.9 Å². The van der Waals surface area contributed by atoms with Gasteiger partial charge in [0.15, 0.2) is 0 Å². The van der Waals surface area contributed by atoms with Gasteiger partial charge in [-0.2, -0.15) is 0 Å². The molecule has 2 N–H and O–H groups in total. The predicted molar refractivity (Wildman–Crippen MR) is 65.6 cm³/mol. The van der Waals surface area contributed by atoms with Crippen LogP contribution in [0, 0.1) is 0 Å². The van der Waals surface area contributed by atoms with Crippen LogP contribution in [-0.4, -0.2) is 26.2 Å². The fraction of sp³-hybridized carbons (Fsp3) is 0.400. The summed E-state index contributed by atoms with van der Waals surface area (Å²) in [4.78, 5) is 0.182. The second-order valence-corrected chi connectivity index (χ2v) is 5.88. The molecule has 0 radical (unpaired) electrons. The molecule has 0 aromatic heterocycles. The van der Waals surface area contributed by atoms with Crippen LogP contribution in [0.1, 0.15) is 13.3 Å². The summed E-state index contributed by atoms with van der Waals surface area (Å²) >= 11 is 3.18. The zero-order valence-corrected chi connectivity index (χ0v) is 11.3. The number of rotatable bonds is 5. The Kier molecular flexibility index (Phi) is 4.91. The molecule has 90 valence electrons. The summed E-state index contributed by atoms with van der Waals surface area (Å²) in [5.74, 6) is 0. The monoisotopic (exact) mass is 307 g/mol. The van der Waals surface area contributed by atoms with Gasteiger partial charge in [0.2, 0.25) is 10.0 Å². The third kappa shape index (κ3) is 3.28. The Bertz CT molecular complexity index is 443. The summed E-state index contributed by atoms with van der Waals surface area (Å²) in [5, 5.41) is 8.97. The van der Waals surface area contributed by atoms with E-state index in [1.165, 1.54) is 6.07 Å². The van der Waals surface area contributed by atoms with Crippen LogP contribution in [0.2, 0.25) is 0 Å². The van der Waals surface area contributed by atoms with Gasteiger partial charge in [-0.05, 0) is 34.5 Å². The van der Waals surface area contributed by atoms with Crippen molar-refractivity contribution in [2.45, 2.75) is 24.3 Å². The van der Waals surface area contributed by atoms with Gasteiger partial charge in [0, 0.05) is 10.5 Å². The van der Waals surface area contributed by atoms with Crippen molar-refractivity contribution in [3.05, 3.63) is 28.7 Å². The standard InChI is InChI=1S/C10H14BrNO3S/c1-2-8(7-13)12-16(14,15)10-6-4-3-5-9(10)11/h3-6,8,12-13H,2,7H2,1H3. The molecule has 0 heterocycles. The van der Waals surface area contributed by atoms with E-state index in [1.807, 2.05) is 6.92 Å². The van der Waals surface area contributed by atoms with Gasteiger partial charge in [-0.1, -0.05) is 19.1 Å². The molecule has 6 heteroatoms. The quantitative estimate of drug-likeness (QED) is 0.866. The van der Waals surface area contributed by atoms with Crippen LogP contribution in [0.3, 0.4) is 0 Å². The van der Waals surface area contributed by atoms with Crippen molar-refractivity contribution in [2.24, 2.45) is 0 Å². The van der Waals surface area contributed by atoms with Crippen molar-refractivity contribution in [1.82, 2.24) is 4.72 Å². The third-order valence-corrected chi connectivity index (χ3v) is 4.69. The highest BCUT2D eigenvalue weighted by Crippen LogP contribution is 2.21. The molecule has 0 aliphatic heterocycles. The molecule has 1 atom stereocenters. The first-order valence-corrected chi connectivity index (χ1v) is 7.16. The molecule has 4 nitrogen and oxygen atoms in total. The fourth-order valence-electron chi connectivity index (χ4n) is 1.20. The number of aliphatic hydroxyl groups is 1. The van der Waals surface area contributed by atoms with Crippen molar-refractivity contribution in [3.63, 3.8) is 0 Å². The number of nitrogens with one attached hydrogen (secondary N) is 1. The molecule has 0 amide bonds. The lowest BCUT2D eigenvalue weighted by Gasteiger charge is -2.14. The van der Waals surface area contributed by atoms with Gasteiger partial charge < -0.3 is 5.11 Å². The van der Waals surface area contributed by atoms with Gasteiger partial charge in [-0.25, -0.2) is 13.1 Å². The molecule has 1 unspecified atom stereocenters. The van der Waals surface area contributed by atoms with Gasteiger partial charge >= 0.3 is 0 Å². The van der Waals surface area contributed by atoms with Crippen molar-refractivity contribution >= 4 is 26.0 Å². The Morgan fingerprint density at radius 3 is 2.56 bits per heavy atom. The highest BCUT2D eigenvalue weighted by atomic mass is 79.9. The highest BCUT2D eigenvalue weighted by molar-refractivity contribution is 9.10. The summed E-state index contributed by atoms with van der Waals surface area (Å²) in [7, 11) is -3.57. The number of sulfonamides is 1. The van der Waals surface area contributed by atoms with E-state index in [4.69, 9.17) is 5.11 Å². The van der Waals surface area contributed by atoms with Crippen LogP contribution >= 0.6 is 15.9 Å². The van der Waals surface area contributed by atoms with Gasteiger partial charge in [-0.3, -0.25) is 0 Å². The maximum atomic E-state index is 11.9. The number of halogens is 1. The molecule has 0 bridgehead atoms. The molecule has 0 aliphatic rings. The Morgan fingerprint density at radius 2 is 2.06 bits per heavy atom. The average molecular weight is 308 g/mol. The minimum absolute atomic E-state index is 0.182. The van der Waals surface area contributed by atoms with E-state index in [0.717, 1.165) is 0 Å². The molecule has 0 saturated heterocycles. The van der Waals surface area contributed by atoms with Gasteiger partial charge in [0.1, 0.15) is 0 Å². The summed E-state index contributed by atoms with van der Waals surface area (Å²) in [5.41, 5.74) is 0. The van der Waals surface area contributed by atoms with Crippen molar-refractivity contribution in [3.8, 4) is 0 Å². The Hall–Kier alpha value is -0.430. The maximum Gasteiger partial charge on any atom is 0.242 e. The molecule has 16 heavy (non-hydrogen) atoms. The summed E-state index contributed by atoms with van der Waals surface area (Å²) in [6, 6.07) is 6.12. The van der Waals surface area contributed by atoms with Gasteiger partial charge in [-0.15, -0.1) is 0 Å². The third-order valence-electron chi connectivity index (χ3n) is 2.16. The van der Waals surface area contributed by atoms with Crippen LogP contribution in [-0.2, 0) is 10.0 Å². The van der Waals surface area contributed by atoms with Crippen LogP contribution in [0.15, 0.2) is 33.6 Å². The topological polar surface area (TPSA) is 66.4 Å². The largest absolute Gasteiger partial charge is 0.395 e. The molecule has 0 fully saturated rings. The van der Waals surface area contributed by atoms with Crippen molar-refractivity contribution in [2.75, 3.05) is 6.61 Å². The minimum Gasteiger partial charge on any atom is -0.395 e. The Morgan fingerprint density at radius 1 is 1.44 bits per heavy atom.